The minimum absolute atomic E-state index is 0.522. The highest BCUT2D eigenvalue weighted by Crippen LogP contribution is 2.63. The zero-order valence-electron chi connectivity index (χ0n) is 27.9. The monoisotopic (exact) mass is 664 g/mol. The van der Waals surface area contributed by atoms with E-state index in [0.717, 1.165) is 44.7 Å². The molecule has 0 radical (unpaired) electrons. The number of hydrogen-bond donors (Lipinski definition) is 0. The van der Waals surface area contributed by atoms with Crippen LogP contribution >= 0.6 is 0 Å². The number of para-hydroxylation sites is 2. The van der Waals surface area contributed by atoms with Crippen LogP contribution in [-0.4, -0.2) is 15.0 Å². The molecule has 2 heterocycles. The molecule has 0 fully saturated rings. The van der Waals surface area contributed by atoms with Gasteiger partial charge in [0.25, 0.3) is 0 Å². The standard InChI is InChI=1S/C47H28N4O/c48-29-34-17-11-23-40-43(34)52-41-24-10-9-21-38(41)47(40)37-20-8-7-18-36(37)42-35(19-12-22-39(42)47)30-25-27-33(28-26-30)46-50-44(31-13-3-1-4-14-31)49-45(51-46)32-15-5-2-6-16-32/h1-28H. The average molecular weight is 665 g/mol. The summed E-state index contributed by atoms with van der Waals surface area (Å²) in [7, 11) is 0. The summed E-state index contributed by atoms with van der Waals surface area (Å²) >= 11 is 0. The molecule has 1 unspecified atom stereocenters. The molecular weight excluding hydrogens is 637 g/mol. The van der Waals surface area contributed by atoms with Crippen LogP contribution in [0.4, 0.5) is 0 Å². The van der Waals surface area contributed by atoms with Crippen molar-refractivity contribution in [2.75, 3.05) is 0 Å². The first-order chi connectivity index (χ1) is 25.7. The lowest BCUT2D eigenvalue weighted by molar-refractivity contribution is 0.435. The molecule has 0 bridgehead atoms. The van der Waals surface area contributed by atoms with Gasteiger partial charge in [0.05, 0.1) is 11.0 Å². The third-order valence-corrected chi connectivity index (χ3v) is 10.3. The van der Waals surface area contributed by atoms with Gasteiger partial charge in [0, 0.05) is 27.8 Å². The second-order valence-electron chi connectivity index (χ2n) is 13.0. The fourth-order valence-electron chi connectivity index (χ4n) is 8.04. The number of benzene rings is 7. The van der Waals surface area contributed by atoms with E-state index < -0.39 is 5.41 Å². The highest BCUT2D eigenvalue weighted by Gasteiger charge is 2.52. The quantitative estimate of drug-likeness (QED) is 0.187. The number of hydrogen-bond acceptors (Lipinski definition) is 5. The summed E-state index contributed by atoms with van der Waals surface area (Å²) in [6.45, 7) is 0. The normalized spacial score (nSPS) is 14.8. The first-order valence-corrected chi connectivity index (χ1v) is 17.3. The molecule has 7 aromatic carbocycles. The molecule has 1 atom stereocenters. The Bertz CT molecular complexity index is 2660. The molecule has 242 valence electrons. The Kier molecular flexibility index (Phi) is 6.70. The predicted molar refractivity (Wildman–Crippen MR) is 204 cm³/mol. The van der Waals surface area contributed by atoms with Crippen molar-refractivity contribution in [3.8, 4) is 74.0 Å². The SMILES string of the molecule is N#Cc1cccc2c1Oc1ccccc1C21c2ccccc2-c2c(-c3ccc(-c4nc(-c5ccccc5)nc(-c5ccccc5)n4)cc3)cccc21. The van der Waals surface area contributed by atoms with Crippen LogP contribution in [0, 0.1) is 11.3 Å². The Hall–Kier alpha value is -7.16. The van der Waals surface area contributed by atoms with Gasteiger partial charge in [-0.05, 0) is 45.5 Å². The first kappa shape index (κ1) is 29.7. The van der Waals surface area contributed by atoms with Crippen LogP contribution in [0.5, 0.6) is 11.5 Å². The number of fused-ring (bicyclic) bond motifs is 9. The largest absolute Gasteiger partial charge is 0.455 e. The lowest BCUT2D eigenvalue weighted by atomic mass is 9.65. The zero-order chi connectivity index (χ0) is 34.6. The minimum atomic E-state index is -0.661. The Labute approximate surface area is 301 Å². The van der Waals surface area contributed by atoms with Crippen molar-refractivity contribution >= 4 is 0 Å². The predicted octanol–water partition coefficient (Wildman–Crippen LogP) is 10.9. The van der Waals surface area contributed by atoms with Crippen molar-refractivity contribution in [2.45, 2.75) is 5.41 Å². The van der Waals surface area contributed by atoms with Gasteiger partial charge in [-0.1, -0.05) is 158 Å². The summed E-state index contributed by atoms with van der Waals surface area (Å²) in [5, 5.41) is 10.2. The van der Waals surface area contributed by atoms with Gasteiger partial charge in [-0.15, -0.1) is 0 Å². The summed E-state index contributed by atoms with van der Waals surface area (Å²) < 4.78 is 6.52. The van der Waals surface area contributed by atoms with Crippen molar-refractivity contribution in [1.82, 2.24) is 15.0 Å². The zero-order valence-corrected chi connectivity index (χ0v) is 27.9. The van der Waals surface area contributed by atoms with Crippen LogP contribution in [0.15, 0.2) is 170 Å². The molecule has 5 nitrogen and oxygen atoms in total. The molecule has 1 aromatic heterocycles. The van der Waals surface area contributed by atoms with Gasteiger partial charge in [-0.2, -0.15) is 5.26 Å². The van der Waals surface area contributed by atoms with E-state index in [4.69, 9.17) is 19.7 Å². The third-order valence-electron chi connectivity index (χ3n) is 10.3. The van der Waals surface area contributed by atoms with E-state index in [1.165, 1.54) is 22.3 Å². The molecule has 1 aliphatic carbocycles. The number of ether oxygens (including phenoxy) is 1. The van der Waals surface area contributed by atoms with Crippen molar-refractivity contribution in [1.29, 1.82) is 5.26 Å². The number of rotatable bonds is 4. The Morgan fingerprint density at radius 2 is 0.923 bits per heavy atom. The highest BCUT2D eigenvalue weighted by atomic mass is 16.5. The van der Waals surface area contributed by atoms with E-state index in [-0.39, 0.29) is 0 Å². The molecule has 2 aliphatic rings. The molecule has 52 heavy (non-hydrogen) atoms. The van der Waals surface area contributed by atoms with Gasteiger partial charge < -0.3 is 4.74 Å². The summed E-state index contributed by atoms with van der Waals surface area (Å²) in [4.78, 5) is 14.8. The molecule has 1 spiro atoms. The van der Waals surface area contributed by atoms with Gasteiger partial charge in [-0.3, -0.25) is 0 Å². The number of nitrogens with zero attached hydrogens (tertiary/aromatic N) is 4. The van der Waals surface area contributed by atoms with E-state index in [2.05, 4.69) is 91.0 Å². The van der Waals surface area contributed by atoms with Crippen molar-refractivity contribution < 1.29 is 4.74 Å². The number of aromatic nitrogens is 3. The molecule has 10 rings (SSSR count). The fourth-order valence-corrected chi connectivity index (χ4v) is 8.04. The molecule has 8 aromatic rings. The van der Waals surface area contributed by atoms with Crippen molar-refractivity contribution in [3.05, 3.63) is 198 Å². The van der Waals surface area contributed by atoms with E-state index in [1.54, 1.807) is 0 Å². The van der Waals surface area contributed by atoms with Crippen LogP contribution < -0.4 is 4.74 Å². The van der Waals surface area contributed by atoms with Crippen molar-refractivity contribution in [2.24, 2.45) is 0 Å². The number of nitriles is 1. The van der Waals surface area contributed by atoms with Gasteiger partial charge in [0.1, 0.15) is 17.6 Å². The topological polar surface area (TPSA) is 71.7 Å². The molecular formula is C47H28N4O. The maximum Gasteiger partial charge on any atom is 0.164 e. The molecule has 0 saturated carbocycles. The Morgan fingerprint density at radius 3 is 1.60 bits per heavy atom. The summed E-state index contributed by atoms with van der Waals surface area (Å²) in [6.07, 6.45) is 0. The van der Waals surface area contributed by atoms with Gasteiger partial charge in [-0.25, -0.2) is 15.0 Å². The van der Waals surface area contributed by atoms with Crippen LogP contribution in [-0.2, 0) is 5.41 Å². The lowest BCUT2D eigenvalue weighted by Crippen LogP contribution is -2.32. The molecule has 0 saturated heterocycles. The minimum Gasteiger partial charge on any atom is -0.455 e. The van der Waals surface area contributed by atoms with Crippen LogP contribution in [0.3, 0.4) is 0 Å². The first-order valence-electron chi connectivity index (χ1n) is 17.3. The summed E-state index contributed by atoms with van der Waals surface area (Å²) in [5.74, 6) is 3.26. The van der Waals surface area contributed by atoms with Gasteiger partial charge in [0.2, 0.25) is 0 Å². The second kappa shape index (κ2) is 11.7. The van der Waals surface area contributed by atoms with Crippen LogP contribution in [0.1, 0.15) is 27.8 Å². The molecule has 1 aliphatic heterocycles. The molecule has 0 amide bonds. The molecule has 5 heteroatoms. The summed E-state index contributed by atoms with van der Waals surface area (Å²) in [5.41, 5.74) is 11.6. The maximum atomic E-state index is 10.2. The molecule has 0 N–H and O–H groups in total. The smallest absolute Gasteiger partial charge is 0.164 e. The van der Waals surface area contributed by atoms with E-state index in [0.29, 0.717) is 28.8 Å². The Morgan fingerprint density at radius 1 is 0.423 bits per heavy atom. The van der Waals surface area contributed by atoms with E-state index >= 15 is 0 Å². The van der Waals surface area contributed by atoms with Crippen molar-refractivity contribution in [3.63, 3.8) is 0 Å². The van der Waals surface area contributed by atoms with Crippen LogP contribution in [0.2, 0.25) is 0 Å². The second-order valence-corrected chi connectivity index (χ2v) is 13.0. The van der Waals surface area contributed by atoms with Gasteiger partial charge in [0.15, 0.2) is 17.5 Å². The van der Waals surface area contributed by atoms with Crippen LogP contribution in [0.25, 0.3) is 56.4 Å². The highest BCUT2D eigenvalue weighted by molar-refractivity contribution is 5.96. The average Bonchev–Trinajstić information content (AvgIpc) is 3.52. The third kappa shape index (κ3) is 4.38. The van der Waals surface area contributed by atoms with E-state index in [1.807, 2.05) is 84.9 Å². The Balaban J connectivity index is 1.15. The van der Waals surface area contributed by atoms with Gasteiger partial charge >= 0.3 is 0 Å². The lowest BCUT2D eigenvalue weighted by Gasteiger charge is -2.39. The maximum absolute atomic E-state index is 10.2. The fraction of sp³-hybridized carbons (Fsp3) is 0.0213. The van der Waals surface area contributed by atoms with E-state index in [9.17, 15) is 5.26 Å². The summed E-state index contributed by atoms with van der Waals surface area (Å²) in [6, 6.07) is 60.3.